The summed E-state index contributed by atoms with van der Waals surface area (Å²) in [4.78, 5) is 15.7. The molecule has 22 heavy (non-hydrogen) atoms. The predicted octanol–water partition coefficient (Wildman–Crippen LogP) is 0.940. The van der Waals surface area contributed by atoms with Crippen molar-refractivity contribution in [3.8, 4) is 5.88 Å². The van der Waals surface area contributed by atoms with Gasteiger partial charge in [-0.3, -0.25) is 4.79 Å². The van der Waals surface area contributed by atoms with Crippen molar-refractivity contribution in [2.75, 3.05) is 18.1 Å². The first-order valence-electron chi connectivity index (χ1n) is 6.32. The quantitative estimate of drug-likeness (QED) is 0.883. The van der Waals surface area contributed by atoms with Gasteiger partial charge in [0.1, 0.15) is 5.56 Å². The van der Waals surface area contributed by atoms with Crippen molar-refractivity contribution in [1.29, 1.82) is 0 Å². The Bertz CT molecular complexity index is 661. The Labute approximate surface area is 124 Å². The summed E-state index contributed by atoms with van der Waals surface area (Å²) in [6, 6.07) is 2.08. The van der Waals surface area contributed by atoms with Gasteiger partial charge in [0.05, 0.1) is 11.5 Å². The van der Waals surface area contributed by atoms with E-state index in [2.05, 4.69) is 15.0 Å². The summed E-state index contributed by atoms with van der Waals surface area (Å²) >= 11 is 0. The lowest BCUT2D eigenvalue weighted by molar-refractivity contribution is -0.154. The first-order chi connectivity index (χ1) is 10.2. The smallest absolute Gasteiger partial charge is 0.422 e. The van der Waals surface area contributed by atoms with Gasteiger partial charge in [0.2, 0.25) is 5.88 Å². The average molecular weight is 338 g/mol. The second-order valence-corrected chi connectivity index (χ2v) is 7.06. The molecule has 0 aromatic carbocycles. The molecule has 0 bridgehead atoms. The number of pyridine rings is 1. The largest absolute Gasteiger partial charge is 0.467 e. The molecule has 1 atom stereocenters. The van der Waals surface area contributed by atoms with Gasteiger partial charge in [-0.2, -0.15) is 13.2 Å². The molecule has 1 fully saturated rings. The molecule has 1 N–H and O–H groups in total. The maximum atomic E-state index is 12.2. The summed E-state index contributed by atoms with van der Waals surface area (Å²) in [5, 5.41) is 2.47. The number of carbonyl (C=O) groups is 1. The van der Waals surface area contributed by atoms with Gasteiger partial charge >= 0.3 is 6.18 Å². The van der Waals surface area contributed by atoms with Crippen molar-refractivity contribution >= 4 is 15.7 Å². The molecule has 0 radical (unpaired) electrons. The lowest BCUT2D eigenvalue weighted by Crippen LogP contribution is -2.36. The highest BCUT2D eigenvalue weighted by atomic mass is 32.2. The number of sulfone groups is 1. The number of aromatic nitrogens is 1. The van der Waals surface area contributed by atoms with Gasteiger partial charge in [0, 0.05) is 12.2 Å². The Morgan fingerprint density at radius 3 is 2.77 bits per heavy atom. The Kier molecular flexibility index (Phi) is 4.59. The molecule has 2 heterocycles. The standard InChI is InChI=1S/C12H13F3N2O4S/c13-12(14,15)7-21-11-9(2-1-4-16-11)10(18)17-8-3-5-22(19,20)6-8/h1-2,4,8H,3,5-7H2,(H,17,18)/t8-/m0/s1. The fourth-order valence-corrected chi connectivity index (χ4v) is 3.67. The van der Waals surface area contributed by atoms with Crippen LogP contribution in [0.15, 0.2) is 18.3 Å². The number of alkyl halides is 3. The summed E-state index contributed by atoms with van der Waals surface area (Å²) in [7, 11) is -3.17. The minimum atomic E-state index is -4.55. The minimum absolute atomic E-state index is 0.0254. The van der Waals surface area contributed by atoms with Crippen molar-refractivity contribution in [3.05, 3.63) is 23.9 Å². The Balaban J connectivity index is 2.06. The summed E-state index contributed by atoms with van der Waals surface area (Å²) in [6.07, 6.45) is -3.08. The molecule has 0 spiro atoms. The van der Waals surface area contributed by atoms with Crippen LogP contribution in [0.5, 0.6) is 5.88 Å². The molecule has 122 valence electrons. The molecule has 10 heteroatoms. The Morgan fingerprint density at radius 2 is 2.18 bits per heavy atom. The van der Waals surface area contributed by atoms with E-state index in [1.54, 1.807) is 0 Å². The van der Waals surface area contributed by atoms with Gasteiger partial charge in [-0.25, -0.2) is 13.4 Å². The van der Waals surface area contributed by atoms with Crippen molar-refractivity contribution in [2.24, 2.45) is 0 Å². The third-order valence-electron chi connectivity index (χ3n) is 2.96. The number of nitrogens with zero attached hydrogens (tertiary/aromatic N) is 1. The number of carbonyl (C=O) groups excluding carboxylic acids is 1. The Hall–Kier alpha value is -1.84. The van der Waals surface area contributed by atoms with E-state index in [0.29, 0.717) is 0 Å². The molecule has 1 amide bonds. The molecule has 1 aliphatic heterocycles. The Morgan fingerprint density at radius 1 is 1.45 bits per heavy atom. The van der Waals surface area contributed by atoms with E-state index in [9.17, 15) is 26.4 Å². The zero-order chi connectivity index (χ0) is 16.4. The van der Waals surface area contributed by atoms with E-state index < -0.39 is 40.4 Å². The first-order valence-corrected chi connectivity index (χ1v) is 8.14. The maximum Gasteiger partial charge on any atom is 0.422 e. The van der Waals surface area contributed by atoms with Crippen molar-refractivity contribution < 1.29 is 31.1 Å². The molecule has 0 aliphatic carbocycles. The van der Waals surface area contributed by atoms with E-state index in [1.165, 1.54) is 18.3 Å². The van der Waals surface area contributed by atoms with E-state index in [4.69, 9.17) is 0 Å². The SMILES string of the molecule is O=C(N[C@H]1CCS(=O)(=O)C1)c1cccnc1OCC(F)(F)F. The lowest BCUT2D eigenvalue weighted by Gasteiger charge is -2.14. The zero-order valence-electron chi connectivity index (χ0n) is 11.3. The summed E-state index contributed by atoms with van der Waals surface area (Å²) in [6.45, 7) is -1.57. The fraction of sp³-hybridized carbons (Fsp3) is 0.500. The third kappa shape index (κ3) is 4.58. The van der Waals surface area contributed by atoms with Crippen LogP contribution in [-0.4, -0.2) is 49.6 Å². The molecule has 1 saturated heterocycles. The number of ether oxygens (including phenoxy) is 1. The monoisotopic (exact) mass is 338 g/mol. The van der Waals surface area contributed by atoms with Gasteiger partial charge < -0.3 is 10.1 Å². The molecule has 0 unspecified atom stereocenters. The predicted molar refractivity (Wildman–Crippen MR) is 70.3 cm³/mol. The summed E-state index contributed by atoms with van der Waals surface area (Å²) in [5.41, 5.74) is -0.170. The number of halogens is 3. The molecule has 2 rings (SSSR count). The van der Waals surface area contributed by atoms with Crippen LogP contribution >= 0.6 is 0 Å². The fourth-order valence-electron chi connectivity index (χ4n) is 2.00. The highest BCUT2D eigenvalue weighted by Crippen LogP contribution is 2.20. The van der Waals surface area contributed by atoms with Crippen LogP contribution in [0.3, 0.4) is 0 Å². The van der Waals surface area contributed by atoms with Crippen LogP contribution in [0, 0.1) is 0 Å². The molecular formula is C12H13F3N2O4S. The first kappa shape index (κ1) is 16.5. The summed E-state index contributed by atoms with van der Waals surface area (Å²) in [5.74, 6) is -1.37. The zero-order valence-corrected chi connectivity index (χ0v) is 12.1. The molecule has 6 nitrogen and oxygen atoms in total. The van der Waals surface area contributed by atoms with E-state index >= 15 is 0 Å². The number of rotatable bonds is 4. The second kappa shape index (κ2) is 6.11. The molecule has 1 aromatic rings. The second-order valence-electron chi connectivity index (χ2n) is 4.83. The number of hydrogen-bond acceptors (Lipinski definition) is 5. The van der Waals surface area contributed by atoms with Gasteiger partial charge in [-0.1, -0.05) is 0 Å². The number of hydrogen-bond donors (Lipinski definition) is 1. The van der Waals surface area contributed by atoms with Gasteiger partial charge in [0.15, 0.2) is 16.4 Å². The highest BCUT2D eigenvalue weighted by Gasteiger charge is 2.31. The van der Waals surface area contributed by atoms with Crippen molar-refractivity contribution in [1.82, 2.24) is 10.3 Å². The van der Waals surface area contributed by atoms with Crippen LogP contribution in [0.4, 0.5) is 13.2 Å². The highest BCUT2D eigenvalue weighted by molar-refractivity contribution is 7.91. The van der Waals surface area contributed by atoms with Crippen LogP contribution in [0.1, 0.15) is 16.8 Å². The molecular weight excluding hydrogens is 325 g/mol. The van der Waals surface area contributed by atoms with Crippen LogP contribution in [-0.2, 0) is 9.84 Å². The van der Waals surface area contributed by atoms with E-state index in [0.717, 1.165) is 0 Å². The van der Waals surface area contributed by atoms with Gasteiger partial charge in [0.25, 0.3) is 5.91 Å². The molecule has 0 saturated carbocycles. The van der Waals surface area contributed by atoms with Gasteiger partial charge in [-0.15, -0.1) is 0 Å². The van der Waals surface area contributed by atoms with Crippen LogP contribution in [0.2, 0.25) is 0 Å². The van der Waals surface area contributed by atoms with Crippen molar-refractivity contribution in [3.63, 3.8) is 0 Å². The topological polar surface area (TPSA) is 85.4 Å². The minimum Gasteiger partial charge on any atom is -0.467 e. The van der Waals surface area contributed by atoms with Crippen LogP contribution < -0.4 is 10.1 Å². The van der Waals surface area contributed by atoms with Gasteiger partial charge in [-0.05, 0) is 18.6 Å². The third-order valence-corrected chi connectivity index (χ3v) is 4.72. The average Bonchev–Trinajstić information content (AvgIpc) is 2.75. The number of nitrogens with one attached hydrogen (secondary N) is 1. The molecule has 1 aromatic heterocycles. The normalized spacial score (nSPS) is 20.6. The molecule has 1 aliphatic rings. The lowest BCUT2D eigenvalue weighted by atomic mass is 10.2. The van der Waals surface area contributed by atoms with E-state index in [1.807, 2.05) is 0 Å². The van der Waals surface area contributed by atoms with E-state index in [-0.39, 0.29) is 23.5 Å². The van der Waals surface area contributed by atoms with Crippen molar-refractivity contribution in [2.45, 2.75) is 18.6 Å². The van der Waals surface area contributed by atoms with Crippen LogP contribution in [0.25, 0.3) is 0 Å². The maximum absolute atomic E-state index is 12.2. The number of amides is 1. The summed E-state index contributed by atoms with van der Waals surface area (Å²) < 4.78 is 63.7.